The molecule has 6 heteroatoms. The van der Waals surface area contributed by atoms with E-state index in [1.54, 1.807) is 12.1 Å². The Kier molecular flexibility index (Phi) is 5.64. The molecule has 2 aromatic carbocycles. The van der Waals surface area contributed by atoms with Crippen LogP contribution in [0.25, 0.3) is 0 Å². The fraction of sp³-hybridized carbons (Fsp3) is 0.176. The summed E-state index contributed by atoms with van der Waals surface area (Å²) in [4.78, 5) is 23.9. The Labute approximate surface area is 144 Å². The van der Waals surface area contributed by atoms with Gasteiger partial charge in [-0.05, 0) is 43.7 Å². The smallest absolute Gasteiger partial charge is 0.233 e. The zero-order valence-corrected chi connectivity index (χ0v) is 14.3. The van der Waals surface area contributed by atoms with E-state index in [2.05, 4.69) is 10.6 Å². The minimum absolute atomic E-state index is 0.284. The van der Waals surface area contributed by atoms with E-state index in [1.165, 1.54) is 6.07 Å². The highest BCUT2D eigenvalue weighted by Crippen LogP contribution is 2.25. The van der Waals surface area contributed by atoms with Crippen LogP contribution in [0.3, 0.4) is 0 Å². The van der Waals surface area contributed by atoms with Crippen LogP contribution in [0, 0.1) is 13.8 Å². The van der Waals surface area contributed by atoms with Crippen molar-refractivity contribution in [2.75, 3.05) is 10.6 Å². The maximum absolute atomic E-state index is 12.0. The van der Waals surface area contributed by atoms with Crippen LogP contribution in [0.4, 0.5) is 11.4 Å². The molecule has 0 aliphatic carbocycles. The molecule has 2 rings (SSSR count). The van der Waals surface area contributed by atoms with Crippen molar-refractivity contribution in [1.29, 1.82) is 0 Å². The summed E-state index contributed by atoms with van der Waals surface area (Å²) < 4.78 is 0. The second-order valence-electron chi connectivity index (χ2n) is 5.22. The first kappa shape index (κ1) is 17.3. The quantitative estimate of drug-likeness (QED) is 0.793. The van der Waals surface area contributed by atoms with Gasteiger partial charge < -0.3 is 10.6 Å². The first-order valence-corrected chi connectivity index (χ1v) is 7.73. The molecule has 0 saturated carbocycles. The van der Waals surface area contributed by atoms with Crippen molar-refractivity contribution in [3.05, 3.63) is 57.6 Å². The van der Waals surface area contributed by atoms with Gasteiger partial charge in [-0.2, -0.15) is 0 Å². The summed E-state index contributed by atoms with van der Waals surface area (Å²) in [5.41, 5.74) is 3.24. The Hall–Kier alpha value is -2.04. The van der Waals surface area contributed by atoms with E-state index in [4.69, 9.17) is 23.2 Å². The topological polar surface area (TPSA) is 58.2 Å². The molecule has 0 saturated heterocycles. The molecule has 0 aliphatic heterocycles. The number of nitrogens with one attached hydrogen (secondary N) is 2. The molecule has 2 amide bonds. The van der Waals surface area contributed by atoms with Gasteiger partial charge in [0, 0.05) is 11.4 Å². The second kappa shape index (κ2) is 7.49. The van der Waals surface area contributed by atoms with Crippen LogP contribution in [0.1, 0.15) is 17.5 Å². The SMILES string of the molecule is Cc1ccc(NC(=O)CC(=O)Nc2ccc(Cl)c(Cl)c2)c(C)c1. The molecule has 0 heterocycles. The maximum Gasteiger partial charge on any atom is 0.233 e. The molecule has 0 aliphatic rings. The average Bonchev–Trinajstić information content (AvgIpc) is 2.46. The van der Waals surface area contributed by atoms with Crippen LogP contribution in [-0.4, -0.2) is 11.8 Å². The van der Waals surface area contributed by atoms with Crippen LogP contribution in [0.2, 0.25) is 10.0 Å². The van der Waals surface area contributed by atoms with Gasteiger partial charge in [-0.1, -0.05) is 40.9 Å². The molecule has 2 N–H and O–H groups in total. The third-order valence-electron chi connectivity index (χ3n) is 3.18. The van der Waals surface area contributed by atoms with Crippen molar-refractivity contribution in [2.24, 2.45) is 0 Å². The van der Waals surface area contributed by atoms with Gasteiger partial charge in [0.05, 0.1) is 10.0 Å². The first-order valence-electron chi connectivity index (χ1n) is 6.97. The van der Waals surface area contributed by atoms with Gasteiger partial charge in [0.2, 0.25) is 11.8 Å². The lowest BCUT2D eigenvalue weighted by atomic mass is 10.1. The standard InChI is InChI=1S/C17H16Cl2N2O2/c1-10-3-6-15(11(2)7-10)21-17(23)9-16(22)20-12-4-5-13(18)14(19)8-12/h3-8H,9H2,1-2H3,(H,20,22)(H,21,23). The van der Waals surface area contributed by atoms with Crippen LogP contribution in [0.5, 0.6) is 0 Å². The summed E-state index contributed by atoms with van der Waals surface area (Å²) in [7, 11) is 0. The first-order chi connectivity index (χ1) is 10.8. The molecule has 0 fully saturated rings. The average molecular weight is 351 g/mol. The Morgan fingerprint density at radius 3 is 2.26 bits per heavy atom. The molecule has 0 radical (unpaired) electrons. The highest BCUT2D eigenvalue weighted by Gasteiger charge is 2.11. The minimum atomic E-state index is -0.425. The highest BCUT2D eigenvalue weighted by atomic mass is 35.5. The highest BCUT2D eigenvalue weighted by molar-refractivity contribution is 6.42. The molecule has 0 spiro atoms. The van der Waals surface area contributed by atoms with Gasteiger partial charge in [0.1, 0.15) is 6.42 Å². The molecular weight excluding hydrogens is 335 g/mol. The Morgan fingerprint density at radius 2 is 1.61 bits per heavy atom. The van der Waals surface area contributed by atoms with Crippen LogP contribution in [-0.2, 0) is 9.59 Å². The fourth-order valence-corrected chi connectivity index (χ4v) is 2.37. The fourth-order valence-electron chi connectivity index (χ4n) is 2.07. The van der Waals surface area contributed by atoms with Gasteiger partial charge in [0.15, 0.2) is 0 Å². The van der Waals surface area contributed by atoms with E-state index in [1.807, 2.05) is 32.0 Å². The van der Waals surface area contributed by atoms with Gasteiger partial charge in [-0.3, -0.25) is 9.59 Å². The predicted octanol–water partition coefficient (Wildman–Crippen LogP) is 4.58. The van der Waals surface area contributed by atoms with Crippen molar-refractivity contribution < 1.29 is 9.59 Å². The largest absolute Gasteiger partial charge is 0.326 e. The van der Waals surface area contributed by atoms with Gasteiger partial charge in [-0.25, -0.2) is 0 Å². The molecular formula is C17H16Cl2N2O2. The number of hydrogen-bond donors (Lipinski definition) is 2. The third-order valence-corrected chi connectivity index (χ3v) is 3.92. The zero-order chi connectivity index (χ0) is 17.0. The Balaban J connectivity index is 1.94. The number of aryl methyl sites for hydroxylation is 2. The van der Waals surface area contributed by atoms with Crippen LogP contribution in [0.15, 0.2) is 36.4 Å². The molecule has 4 nitrogen and oxygen atoms in total. The third kappa shape index (κ3) is 4.98. The molecule has 0 bridgehead atoms. The maximum atomic E-state index is 12.0. The summed E-state index contributed by atoms with van der Waals surface area (Å²) in [6.07, 6.45) is -0.284. The minimum Gasteiger partial charge on any atom is -0.326 e. The van der Waals surface area contributed by atoms with E-state index in [0.29, 0.717) is 21.4 Å². The number of carbonyl (C=O) groups excluding carboxylic acids is 2. The van der Waals surface area contributed by atoms with Crippen LogP contribution >= 0.6 is 23.2 Å². The summed E-state index contributed by atoms with van der Waals surface area (Å²) in [6.45, 7) is 3.88. The van der Waals surface area contributed by atoms with Crippen molar-refractivity contribution in [3.63, 3.8) is 0 Å². The summed E-state index contributed by atoms with van der Waals surface area (Å²) in [6, 6.07) is 10.4. The second-order valence-corrected chi connectivity index (χ2v) is 6.03. The summed E-state index contributed by atoms with van der Waals surface area (Å²) >= 11 is 11.7. The number of amides is 2. The number of benzene rings is 2. The normalized spacial score (nSPS) is 10.3. The number of carbonyl (C=O) groups is 2. The van der Waals surface area contributed by atoms with Gasteiger partial charge in [-0.15, -0.1) is 0 Å². The number of anilines is 2. The Morgan fingerprint density at radius 1 is 0.913 bits per heavy atom. The number of hydrogen-bond acceptors (Lipinski definition) is 2. The van der Waals surface area contributed by atoms with Crippen LogP contribution < -0.4 is 10.6 Å². The van der Waals surface area contributed by atoms with E-state index >= 15 is 0 Å². The molecule has 120 valence electrons. The van der Waals surface area contributed by atoms with E-state index in [0.717, 1.165) is 11.1 Å². The predicted molar refractivity (Wildman–Crippen MR) is 94.3 cm³/mol. The molecule has 23 heavy (non-hydrogen) atoms. The van der Waals surface area contributed by atoms with Gasteiger partial charge in [0.25, 0.3) is 0 Å². The van der Waals surface area contributed by atoms with E-state index < -0.39 is 5.91 Å². The molecule has 0 atom stereocenters. The summed E-state index contributed by atoms with van der Waals surface area (Å²) in [5, 5.41) is 6.07. The van der Waals surface area contributed by atoms with Crippen molar-refractivity contribution in [2.45, 2.75) is 20.3 Å². The molecule has 2 aromatic rings. The van der Waals surface area contributed by atoms with Crippen molar-refractivity contribution in [3.8, 4) is 0 Å². The zero-order valence-electron chi connectivity index (χ0n) is 12.7. The molecule has 0 aromatic heterocycles. The van der Waals surface area contributed by atoms with Gasteiger partial charge >= 0.3 is 0 Å². The summed E-state index contributed by atoms with van der Waals surface area (Å²) in [5.74, 6) is -0.805. The van der Waals surface area contributed by atoms with E-state index in [9.17, 15) is 9.59 Å². The lowest BCUT2D eigenvalue weighted by Gasteiger charge is -2.10. The lowest BCUT2D eigenvalue weighted by molar-refractivity contribution is -0.123. The monoisotopic (exact) mass is 350 g/mol. The van der Waals surface area contributed by atoms with Crippen molar-refractivity contribution in [1.82, 2.24) is 0 Å². The number of halogens is 2. The lowest BCUT2D eigenvalue weighted by Crippen LogP contribution is -2.21. The van der Waals surface area contributed by atoms with E-state index in [-0.39, 0.29) is 12.3 Å². The van der Waals surface area contributed by atoms with Crippen molar-refractivity contribution >= 4 is 46.4 Å². The number of rotatable bonds is 4. The molecule has 0 unspecified atom stereocenters. The Bertz CT molecular complexity index is 760.